The third-order valence-corrected chi connectivity index (χ3v) is 3.73. The zero-order valence-electron chi connectivity index (χ0n) is 11.1. The van der Waals surface area contributed by atoms with Crippen LogP contribution in [-0.2, 0) is 16.1 Å². The normalized spacial score (nSPS) is 11.7. The van der Waals surface area contributed by atoms with Crippen LogP contribution in [0.2, 0.25) is 0 Å². The van der Waals surface area contributed by atoms with E-state index >= 15 is 0 Å². The molecule has 0 radical (unpaired) electrons. The number of alkyl halides is 1. The second kappa shape index (κ2) is 7.10. The maximum Gasteiger partial charge on any atom is 0.323 e. The fourth-order valence-electron chi connectivity index (χ4n) is 1.71. The van der Waals surface area contributed by atoms with E-state index in [2.05, 4.69) is 20.7 Å². The van der Waals surface area contributed by atoms with Crippen LogP contribution < -0.4 is 4.74 Å². The Labute approximate surface area is 126 Å². The Morgan fingerprint density at radius 3 is 2.35 bits per heavy atom. The first-order valence-corrected chi connectivity index (χ1v) is 7.11. The van der Waals surface area contributed by atoms with Crippen molar-refractivity contribution in [2.75, 3.05) is 7.11 Å². The Morgan fingerprint density at radius 1 is 1.10 bits per heavy atom. The van der Waals surface area contributed by atoms with Crippen molar-refractivity contribution in [3.63, 3.8) is 0 Å². The number of esters is 1. The van der Waals surface area contributed by atoms with Gasteiger partial charge in [-0.25, -0.2) is 0 Å². The molecule has 0 N–H and O–H groups in total. The molecule has 2 rings (SSSR count). The first kappa shape index (κ1) is 14.6. The van der Waals surface area contributed by atoms with E-state index in [-0.39, 0.29) is 5.97 Å². The molecular formula is C16H15BrO3. The van der Waals surface area contributed by atoms with Gasteiger partial charge in [0.05, 0.1) is 7.11 Å². The van der Waals surface area contributed by atoms with Crippen LogP contribution >= 0.6 is 15.9 Å². The molecule has 0 fully saturated rings. The fraction of sp³-hybridized carbons (Fsp3) is 0.188. The summed E-state index contributed by atoms with van der Waals surface area (Å²) in [5.74, 6) is 0.449. The van der Waals surface area contributed by atoms with Gasteiger partial charge in [-0.15, -0.1) is 0 Å². The standard InChI is InChI=1S/C16H15BrO3/c1-19-16(18)15(17)13-7-9-14(10-8-13)20-11-12-5-3-2-4-6-12/h2-10,15H,11H2,1H3. The average Bonchev–Trinajstić information content (AvgIpc) is 2.53. The van der Waals surface area contributed by atoms with Crippen molar-refractivity contribution in [1.29, 1.82) is 0 Å². The van der Waals surface area contributed by atoms with Gasteiger partial charge in [-0.3, -0.25) is 4.79 Å². The molecule has 0 aliphatic rings. The third-order valence-electron chi connectivity index (χ3n) is 2.83. The molecule has 20 heavy (non-hydrogen) atoms. The topological polar surface area (TPSA) is 35.5 Å². The summed E-state index contributed by atoms with van der Waals surface area (Å²) in [6.07, 6.45) is 0. The van der Waals surface area contributed by atoms with E-state index in [1.807, 2.05) is 54.6 Å². The molecule has 0 aliphatic heterocycles. The third kappa shape index (κ3) is 3.84. The summed E-state index contributed by atoms with van der Waals surface area (Å²) in [4.78, 5) is 11.0. The highest BCUT2D eigenvalue weighted by Crippen LogP contribution is 2.26. The van der Waals surface area contributed by atoms with Gasteiger partial charge in [0, 0.05) is 0 Å². The highest BCUT2D eigenvalue weighted by molar-refractivity contribution is 9.09. The van der Waals surface area contributed by atoms with Crippen LogP contribution in [0.3, 0.4) is 0 Å². The number of ether oxygens (including phenoxy) is 2. The SMILES string of the molecule is COC(=O)C(Br)c1ccc(OCc2ccccc2)cc1. The van der Waals surface area contributed by atoms with Crippen molar-refractivity contribution in [3.05, 3.63) is 65.7 Å². The molecule has 2 aromatic carbocycles. The molecule has 0 saturated heterocycles. The van der Waals surface area contributed by atoms with E-state index in [1.54, 1.807) is 0 Å². The number of hydrogen-bond acceptors (Lipinski definition) is 3. The Bertz CT molecular complexity index is 552. The molecular weight excluding hydrogens is 320 g/mol. The van der Waals surface area contributed by atoms with Crippen molar-refractivity contribution in [1.82, 2.24) is 0 Å². The van der Waals surface area contributed by atoms with Crippen molar-refractivity contribution in [2.24, 2.45) is 0 Å². The van der Waals surface area contributed by atoms with Crippen LogP contribution in [0.5, 0.6) is 5.75 Å². The minimum absolute atomic E-state index is 0.317. The first-order chi connectivity index (χ1) is 9.70. The van der Waals surface area contributed by atoms with Crippen molar-refractivity contribution >= 4 is 21.9 Å². The molecule has 0 heterocycles. The number of hydrogen-bond donors (Lipinski definition) is 0. The van der Waals surface area contributed by atoms with Crippen LogP contribution in [0.1, 0.15) is 16.0 Å². The number of carbonyl (C=O) groups excluding carboxylic acids is 1. The smallest absolute Gasteiger partial charge is 0.323 e. The molecule has 0 saturated carbocycles. The lowest BCUT2D eigenvalue weighted by Crippen LogP contribution is -2.08. The van der Waals surface area contributed by atoms with E-state index < -0.39 is 4.83 Å². The second-order valence-electron chi connectivity index (χ2n) is 4.23. The highest BCUT2D eigenvalue weighted by Gasteiger charge is 2.17. The first-order valence-electron chi connectivity index (χ1n) is 6.19. The second-order valence-corrected chi connectivity index (χ2v) is 5.14. The van der Waals surface area contributed by atoms with E-state index in [0.717, 1.165) is 16.9 Å². The Morgan fingerprint density at radius 2 is 1.75 bits per heavy atom. The Hall–Kier alpha value is -1.81. The van der Waals surface area contributed by atoms with Gasteiger partial charge in [0.1, 0.15) is 17.2 Å². The number of rotatable bonds is 5. The summed E-state index contributed by atoms with van der Waals surface area (Å²) >= 11 is 3.30. The van der Waals surface area contributed by atoms with Crippen molar-refractivity contribution in [3.8, 4) is 5.75 Å². The van der Waals surface area contributed by atoms with Crippen LogP contribution in [0, 0.1) is 0 Å². The minimum Gasteiger partial charge on any atom is -0.489 e. The Balaban J connectivity index is 1.96. The van der Waals surface area contributed by atoms with E-state index in [0.29, 0.717) is 6.61 Å². The van der Waals surface area contributed by atoms with Gasteiger partial charge in [-0.2, -0.15) is 0 Å². The van der Waals surface area contributed by atoms with Crippen LogP contribution in [-0.4, -0.2) is 13.1 Å². The minimum atomic E-state index is -0.448. The highest BCUT2D eigenvalue weighted by atomic mass is 79.9. The van der Waals surface area contributed by atoms with E-state index in [4.69, 9.17) is 4.74 Å². The maximum atomic E-state index is 11.4. The quantitative estimate of drug-likeness (QED) is 0.615. The van der Waals surface area contributed by atoms with Crippen LogP contribution in [0.15, 0.2) is 54.6 Å². The van der Waals surface area contributed by atoms with Gasteiger partial charge in [0.15, 0.2) is 0 Å². The molecule has 0 aromatic heterocycles. The van der Waals surface area contributed by atoms with Gasteiger partial charge < -0.3 is 9.47 Å². The zero-order chi connectivity index (χ0) is 14.4. The zero-order valence-corrected chi connectivity index (χ0v) is 12.7. The lowest BCUT2D eigenvalue weighted by Gasteiger charge is -2.10. The average molecular weight is 335 g/mol. The molecule has 104 valence electrons. The molecule has 1 atom stereocenters. The summed E-state index contributed by atoms with van der Waals surface area (Å²) in [6, 6.07) is 17.3. The van der Waals surface area contributed by atoms with Gasteiger partial charge in [0.2, 0.25) is 0 Å². The Kier molecular flexibility index (Phi) is 5.18. The maximum absolute atomic E-state index is 11.4. The lowest BCUT2D eigenvalue weighted by molar-refractivity contribution is -0.139. The van der Waals surface area contributed by atoms with Gasteiger partial charge >= 0.3 is 5.97 Å². The van der Waals surface area contributed by atoms with E-state index in [1.165, 1.54) is 7.11 Å². The monoisotopic (exact) mass is 334 g/mol. The van der Waals surface area contributed by atoms with E-state index in [9.17, 15) is 4.79 Å². The summed E-state index contributed by atoms with van der Waals surface area (Å²) in [6.45, 7) is 0.523. The summed E-state index contributed by atoms with van der Waals surface area (Å²) in [7, 11) is 1.37. The molecule has 0 aliphatic carbocycles. The largest absolute Gasteiger partial charge is 0.489 e. The van der Waals surface area contributed by atoms with Crippen LogP contribution in [0.4, 0.5) is 0 Å². The molecule has 0 amide bonds. The van der Waals surface area contributed by atoms with Crippen molar-refractivity contribution < 1.29 is 14.3 Å². The van der Waals surface area contributed by atoms with Gasteiger partial charge in [-0.05, 0) is 23.3 Å². The van der Waals surface area contributed by atoms with Gasteiger partial charge in [0.25, 0.3) is 0 Å². The molecule has 0 bridgehead atoms. The summed E-state index contributed by atoms with van der Waals surface area (Å²) < 4.78 is 10.4. The summed E-state index contributed by atoms with van der Waals surface area (Å²) in [5, 5.41) is 0. The van der Waals surface area contributed by atoms with Gasteiger partial charge in [-0.1, -0.05) is 58.4 Å². The van der Waals surface area contributed by atoms with Crippen molar-refractivity contribution in [2.45, 2.75) is 11.4 Å². The molecule has 1 unspecified atom stereocenters. The predicted octanol–water partition coefficient (Wildman–Crippen LogP) is 3.87. The molecule has 2 aromatic rings. The predicted molar refractivity (Wildman–Crippen MR) is 80.9 cm³/mol. The number of halogens is 1. The number of benzene rings is 2. The number of methoxy groups -OCH3 is 1. The lowest BCUT2D eigenvalue weighted by atomic mass is 10.1. The van der Waals surface area contributed by atoms with Crippen LogP contribution in [0.25, 0.3) is 0 Å². The molecule has 3 nitrogen and oxygen atoms in total. The molecule has 4 heteroatoms. The summed E-state index contributed by atoms with van der Waals surface area (Å²) in [5.41, 5.74) is 1.95. The number of carbonyl (C=O) groups is 1. The fourth-order valence-corrected chi connectivity index (χ4v) is 2.21. The molecule has 0 spiro atoms.